The molecule has 0 saturated heterocycles. The molecule has 0 spiro atoms. The van der Waals surface area contributed by atoms with Gasteiger partial charge in [-0.15, -0.1) is 11.3 Å². The van der Waals surface area contributed by atoms with Crippen molar-refractivity contribution in [2.45, 2.75) is 26.5 Å². The number of benzene rings is 2. The monoisotopic (exact) mass is 428 g/mol. The second kappa shape index (κ2) is 10.5. The fraction of sp³-hybridized carbons (Fsp3) is 0.227. The lowest BCUT2D eigenvalue weighted by atomic mass is 10.2. The first kappa shape index (κ1) is 21.4. The lowest BCUT2D eigenvalue weighted by Crippen LogP contribution is -2.29. The van der Waals surface area contributed by atoms with E-state index >= 15 is 0 Å². The number of ether oxygens (including phenoxy) is 2. The average Bonchev–Trinajstić information content (AvgIpc) is 3.18. The van der Waals surface area contributed by atoms with Gasteiger partial charge in [0.25, 0.3) is 5.91 Å². The SMILES string of the molecule is Cc1ccc(OCc2nc(CC(=O)OCC(=O)NCc3ccccc3F)cs2)cc1. The Morgan fingerprint density at radius 2 is 1.90 bits per heavy atom. The average molecular weight is 428 g/mol. The van der Waals surface area contributed by atoms with Gasteiger partial charge in [0.15, 0.2) is 6.61 Å². The molecule has 0 atom stereocenters. The second-order valence-electron chi connectivity index (χ2n) is 6.54. The lowest BCUT2D eigenvalue weighted by molar-refractivity contribution is -0.147. The summed E-state index contributed by atoms with van der Waals surface area (Å²) < 4.78 is 24.1. The molecule has 156 valence electrons. The Morgan fingerprint density at radius 3 is 2.67 bits per heavy atom. The fourth-order valence-electron chi connectivity index (χ4n) is 2.51. The molecular weight excluding hydrogens is 407 g/mol. The number of rotatable bonds is 9. The van der Waals surface area contributed by atoms with E-state index in [1.807, 2.05) is 31.2 Å². The maximum absolute atomic E-state index is 13.5. The summed E-state index contributed by atoms with van der Waals surface area (Å²) in [7, 11) is 0. The van der Waals surface area contributed by atoms with Crippen LogP contribution < -0.4 is 10.1 Å². The Labute approximate surface area is 177 Å². The molecule has 0 unspecified atom stereocenters. The van der Waals surface area contributed by atoms with E-state index in [-0.39, 0.29) is 13.0 Å². The number of hydrogen-bond donors (Lipinski definition) is 1. The fourth-order valence-corrected chi connectivity index (χ4v) is 3.21. The molecule has 30 heavy (non-hydrogen) atoms. The number of carbonyl (C=O) groups excluding carboxylic acids is 2. The summed E-state index contributed by atoms with van der Waals surface area (Å²) in [5.41, 5.74) is 2.07. The molecular formula is C22H21FN2O4S. The van der Waals surface area contributed by atoms with Crippen molar-refractivity contribution in [1.29, 1.82) is 0 Å². The van der Waals surface area contributed by atoms with Crippen molar-refractivity contribution in [3.63, 3.8) is 0 Å². The number of amides is 1. The van der Waals surface area contributed by atoms with E-state index in [0.29, 0.717) is 17.9 Å². The molecule has 0 bridgehead atoms. The molecule has 8 heteroatoms. The van der Waals surface area contributed by atoms with Crippen LogP contribution in [-0.4, -0.2) is 23.5 Å². The highest BCUT2D eigenvalue weighted by Crippen LogP contribution is 2.16. The number of aryl methyl sites for hydroxylation is 1. The number of aromatic nitrogens is 1. The van der Waals surface area contributed by atoms with E-state index < -0.39 is 24.3 Å². The number of halogens is 1. The van der Waals surface area contributed by atoms with Crippen LogP contribution in [0.15, 0.2) is 53.9 Å². The quantitative estimate of drug-likeness (QED) is 0.527. The summed E-state index contributed by atoms with van der Waals surface area (Å²) in [6.45, 7) is 1.91. The Hall–Kier alpha value is -3.26. The number of hydrogen-bond acceptors (Lipinski definition) is 6. The highest BCUT2D eigenvalue weighted by Gasteiger charge is 2.12. The van der Waals surface area contributed by atoms with Gasteiger partial charge in [0.2, 0.25) is 0 Å². The molecule has 3 rings (SSSR count). The van der Waals surface area contributed by atoms with E-state index in [4.69, 9.17) is 9.47 Å². The van der Waals surface area contributed by atoms with Crippen molar-refractivity contribution in [1.82, 2.24) is 10.3 Å². The van der Waals surface area contributed by atoms with E-state index in [0.717, 1.165) is 16.3 Å². The zero-order chi connectivity index (χ0) is 21.3. The third-order valence-corrected chi connectivity index (χ3v) is 4.98. The normalized spacial score (nSPS) is 10.5. The highest BCUT2D eigenvalue weighted by molar-refractivity contribution is 7.09. The van der Waals surface area contributed by atoms with Gasteiger partial charge >= 0.3 is 5.97 Å². The Balaban J connectivity index is 1.38. The van der Waals surface area contributed by atoms with E-state index in [1.54, 1.807) is 23.6 Å². The van der Waals surface area contributed by atoms with Crippen LogP contribution in [0.1, 0.15) is 21.8 Å². The maximum atomic E-state index is 13.5. The zero-order valence-corrected chi connectivity index (χ0v) is 17.2. The van der Waals surface area contributed by atoms with Crippen LogP contribution in [0.25, 0.3) is 0 Å². The maximum Gasteiger partial charge on any atom is 0.312 e. The summed E-state index contributed by atoms with van der Waals surface area (Å²) >= 11 is 1.39. The van der Waals surface area contributed by atoms with Crippen molar-refractivity contribution in [3.8, 4) is 5.75 Å². The molecule has 0 aliphatic heterocycles. The molecule has 1 heterocycles. The van der Waals surface area contributed by atoms with Crippen molar-refractivity contribution in [2.75, 3.05) is 6.61 Å². The van der Waals surface area contributed by atoms with Gasteiger partial charge in [0.1, 0.15) is 23.2 Å². The number of thiazole rings is 1. The molecule has 1 aromatic heterocycles. The summed E-state index contributed by atoms with van der Waals surface area (Å²) in [6, 6.07) is 13.8. The number of esters is 1. The van der Waals surface area contributed by atoms with Crippen LogP contribution in [0, 0.1) is 12.7 Å². The van der Waals surface area contributed by atoms with Gasteiger partial charge in [0, 0.05) is 17.5 Å². The molecule has 3 aromatic rings. The molecule has 1 amide bonds. The van der Waals surface area contributed by atoms with Crippen LogP contribution in [0.3, 0.4) is 0 Å². The second-order valence-corrected chi connectivity index (χ2v) is 7.48. The minimum atomic E-state index is -0.563. The molecule has 1 N–H and O–H groups in total. The first-order valence-electron chi connectivity index (χ1n) is 9.28. The van der Waals surface area contributed by atoms with E-state index in [9.17, 15) is 14.0 Å². The number of carbonyl (C=O) groups is 2. The minimum Gasteiger partial charge on any atom is -0.486 e. The summed E-state index contributed by atoms with van der Waals surface area (Å²) in [5, 5.41) is 5.01. The van der Waals surface area contributed by atoms with E-state index in [2.05, 4.69) is 10.3 Å². The summed E-state index contributed by atoms with van der Waals surface area (Å²) in [5.74, 6) is -0.719. The topological polar surface area (TPSA) is 77.5 Å². The molecule has 2 aromatic carbocycles. The molecule has 0 fully saturated rings. The zero-order valence-electron chi connectivity index (χ0n) is 16.4. The van der Waals surface area contributed by atoms with Crippen LogP contribution in [0.4, 0.5) is 4.39 Å². The van der Waals surface area contributed by atoms with Crippen LogP contribution in [-0.2, 0) is 33.9 Å². The Kier molecular flexibility index (Phi) is 7.51. The highest BCUT2D eigenvalue weighted by atomic mass is 32.1. The molecule has 0 saturated carbocycles. The van der Waals surface area contributed by atoms with E-state index in [1.165, 1.54) is 17.4 Å². The first-order valence-corrected chi connectivity index (χ1v) is 10.2. The largest absolute Gasteiger partial charge is 0.486 e. The van der Waals surface area contributed by atoms with Crippen molar-refractivity contribution >= 4 is 23.2 Å². The van der Waals surface area contributed by atoms with Gasteiger partial charge < -0.3 is 14.8 Å². The molecule has 0 aliphatic rings. The number of nitrogens with zero attached hydrogens (tertiary/aromatic N) is 1. The van der Waals surface area contributed by atoms with Crippen LogP contribution in [0.5, 0.6) is 5.75 Å². The lowest BCUT2D eigenvalue weighted by Gasteiger charge is -2.07. The Bertz CT molecular complexity index is 1000. The number of nitrogens with one attached hydrogen (secondary N) is 1. The Morgan fingerprint density at radius 1 is 1.13 bits per heavy atom. The summed E-state index contributed by atoms with van der Waals surface area (Å²) in [4.78, 5) is 28.1. The van der Waals surface area contributed by atoms with Gasteiger partial charge in [-0.3, -0.25) is 9.59 Å². The van der Waals surface area contributed by atoms with Gasteiger partial charge in [-0.1, -0.05) is 35.9 Å². The predicted octanol–water partition coefficient (Wildman–Crippen LogP) is 3.57. The predicted molar refractivity (Wildman–Crippen MR) is 111 cm³/mol. The van der Waals surface area contributed by atoms with Gasteiger partial charge in [-0.05, 0) is 25.1 Å². The van der Waals surface area contributed by atoms with Crippen molar-refractivity contribution < 1.29 is 23.5 Å². The molecule has 0 aliphatic carbocycles. The van der Waals surface area contributed by atoms with Crippen molar-refractivity contribution in [2.24, 2.45) is 0 Å². The first-order chi connectivity index (χ1) is 14.5. The van der Waals surface area contributed by atoms with Gasteiger partial charge in [-0.25, -0.2) is 9.37 Å². The molecule has 0 radical (unpaired) electrons. The molecule has 6 nitrogen and oxygen atoms in total. The van der Waals surface area contributed by atoms with Gasteiger partial charge in [-0.2, -0.15) is 0 Å². The van der Waals surface area contributed by atoms with Crippen LogP contribution in [0.2, 0.25) is 0 Å². The summed E-state index contributed by atoms with van der Waals surface area (Å²) in [6.07, 6.45) is -0.0401. The van der Waals surface area contributed by atoms with Crippen molar-refractivity contribution in [3.05, 3.63) is 81.6 Å². The minimum absolute atomic E-state index is 0.0273. The standard InChI is InChI=1S/C22H21FN2O4S/c1-15-6-8-18(9-7-15)28-13-21-25-17(14-30-21)10-22(27)29-12-20(26)24-11-16-4-2-3-5-19(16)23/h2-9,14H,10-13H2,1H3,(H,24,26). The smallest absolute Gasteiger partial charge is 0.312 e. The third kappa shape index (κ3) is 6.66. The van der Waals surface area contributed by atoms with Crippen LogP contribution >= 0.6 is 11.3 Å². The third-order valence-electron chi connectivity index (χ3n) is 4.11. The van der Waals surface area contributed by atoms with Gasteiger partial charge in [0.05, 0.1) is 12.1 Å².